The van der Waals surface area contributed by atoms with Crippen molar-refractivity contribution in [3.8, 4) is 0 Å². The smallest absolute Gasteiger partial charge is 0.263 e. The fourth-order valence-electron chi connectivity index (χ4n) is 2.63. The summed E-state index contributed by atoms with van der Waals surface area (Å²) in [5.74, 6) is 0. The number of nitrogens with zero attached hydrogens (tertiary/aromatic N) is 1. The normalized spacial score (nSPS) is 19.8. The van der Waals surface area contributed by atoms with E-state index in [2.05, 4.69) is 17.3 Å². The lowest BCUT2D eigenvalue weighted by atomic mass is 10.1. The van der Waals surface area contributed by atoms with E-state index in [1.165, 1.54) is 25.0 Å². The molecule has 1 aliphatic rings. The van der Waals surface area contributed by atoms with E-state index < -0.39 is 6.43 Å². The van der Waals surface area contributed by atoms with Crippen LogP contribution in [0.25, 0.3) is 0 Å². The Labute approximate surface area is 126 Å². The fourth-order valence-corrected chi connectivity index (χ4v) is 2.63. The summed E-state index contributed by atoms with van der Waals surface area (Å²) in [5.41, 5.74) is 1.20. The van der Waals surface area contributed by atoms with Gasteiger partial charge in [-0.3, -0.25) is 4.90 Å². The Bertz CT molecular complexity index is 376. The first-order valence-electron chi connectivity index (χ1n) is 6.95. The Hall–Kier alpha value is -0.710. The van der Waals surface area contributed by atoms with Crippen molar-refractivity contribution in [3.63, 3.8) is 0 Å². The van der Waals surface area contributed by atoms with Gasteiger partial charge in [0, 0.05) is 18.2 Å². The third-order valence-electron chi connectivity index (χ3n) is 3.83. The first-order chi connectivity index (χ1) is 9.16. The topological polar surface area (TPSA) is 15.3 Å². The Morgan fingerprint density at radius 1 is 1.20 bits per heavy atom. The van der Waals surface area contributed by atoms with Crippen molar-refractivity contribution in [2.24, 2.45) is 0 Å². The molecule has 0 bridgehead atoms. The number of hydrogen-bond donors (Lipinski definition) is 1. The maximum atomic E-state index is 12.5. The van der Waals surface area contributed by atoms with E-state index in [1.807, 2.05) is 12.1 Å². The minimum absolute atomic E-state index is 0. The largest absolute Gasteiger partial charge is 0.317 e. The lowest BCUT2D eigenvalue weighted by molar-refractivity contribution is 0.151. The van der Waals surface area contributed by atoms with Crippen LogP contribution in [0.15, 0.2) is 24.3 Å². The maximum absolute atomic E-state index is 12.5. The molecule has 1 aromatic carbocycles. The first-order valence-corrected chi connectivity index (χ1v) is 6.95. The van der Waals surface area contributed by atoms with E-state index in [1.54, 1.807) is 0 Å². The van der Waals surface area contributed by atoms with E-state index in [0.717, 1.165) is 31.6 Å². The standard InChI is InChI=1S/C15H22F2N2.ClH/c1-19(14-3-2-9-18-10-8-14)11-12-4-6-13(7-5-12)15(16)17;/h4-7,14-15,18H,2-3,8-11H2,1H3;1H. The summed E-state index contributed by atoms with van der Waals surface area (Å²) in [6, 6.07) is 7.27. The van der Waals surface area contributed by atoms with Crippen molar-refractivity contribution in [1.29, 1.82) is 0 Å². The zero-order valence-electron chi connectivity index (χ0n) is 11.8. The van der Waals surface area contributed by atoms with Gasteiger partial charge in [-0.2, -0.15) is 0 Å². The van der Waals surface area contributed by atoms with Crippen LogP contribution >= 0.6 is 12.4 Å². The summed E-state index contributed by atoms with van der Waals surface area (Å²) >= 11 is 0. The van der Waals surface area contributed by atoms with Gasteiger partial charge in [0.25, 0.3) is 6.43 Å². The van der Waals surface area contributed by atoms with Crippen molar-refractivity contribution < 1.29 is 8.78 Å². The number of hydrogen-bond acceptors (Lipinski definition) is 2. The van der Waals surface area contributed by atoms with Crippen LogP contribution in [-0.2, 0) is 6.54 Å². The van der Waals surface area contributed by atoms with Crippen molar-refractivity contribution in [2.75, 3.05) is 20.1 Å². The molecule has 1 unspecified atom stereocenters. The van der Waals surface area contributed by atoms with Crippen LogP contribution in [0.5, 0.6) is 0 Å². The first kappa shape index (κ1) is 17.3. The van der Waals surface area contributed by atoms with Gasteiger partial charge in [-0.15, -0.1) is 12.4 Å². The summed E-state index contributed by atoms with van der Waals surface area (Å²) in [7, 11) is 2.12. The molecule has 1 aliphatic heterocycles. The maximum Gasteiger partial charge on any atom is 0.263 e. The summed E-state index contributed by atoms with van der Waals surface area (Å²) in [5, 5.41) is 3.41. The predicted molar refractivity (Wildman–Crippen MR) is 80.6 cm³/mol. The average Bonchev–Trinajstić information content (AvgIpc) is 2.68. The van der Waals surface area contributed by atoms with E-state index in [9.17, 15) is 8.78 Å². The lowest BCUT2D eigenvalue weighted by Crippen LogP contribution is -2.31. The Balaban J connectivity index is 0.00000200. The fraction of sp³-hybridized carbons (Fsp3) is 0.600. The minimum Gasteiger partial charge on any atom is -0.317 e. The van der Waals surface area contributed by atoms with Crippen molar-refractivity contribution in [2.45, 2.75) is 38.3 Å². The zero-order chi connectivity index (χ0) is 13.7. The second-order valence-corrected chi connectivity index (χ2v) is 5.29. The predicted octanol–water partition coefficient (Wildman–Crippen LogP) is 3.62. The molecule has 1 heterocycles. The number of alkyl halides is 2. The average molecular weight is 305 g/mol. The van der Waals surface area contributed by atoms with Crippen LogP contribution in [0.2, 0.25) is 0 Å². The summed E-state index contributed by atoms with van der Waals surface area (Å²) in [6.07, 6.45) is 1.20. The van der Waals surface area contributed by atoms with Gasteiger partial charge in [-0.05, 0) is 45.0 Å². The second kappa shape index (κ2) is 8.55. The van der Waals surface area contributed by atoms with Gasteiger partial charge in [-0.25, -0.2) is 8.78 Å². The highest BCUT2D eigenvalue weighted by atomic mass is 35.5. The van der Waals surface area contributed by atoms with Crippen LogP contribution in [0, 0.1) is 0 Å². The Morgan fingerprint density at radius 3 is 2.55 bits per heavy atom. The van der Waals surface area contributed by atoms with Crippen LogP contribution in [-0.4, -0.2) is 31.1 Å². The van der Waals surface area contributed by atoms with Crippen molar-refractivity contribution >= 4 is 12.4 Å². The highest BCUT2D eigenvalue weighted by Gasteiger charge is 2.16. The molecule has 1 atom stereocenters. The van der Waals surface area contributed by atoms with E-state index in [0.29, 0.717) is 6.04 Å². The molecule has 0 aliphatic carbocycles. The summed E-state index contributed by atoms with van der Waals surface area (Å²) in [4.78, 5) is 2.34. The van der Waals surface area contributed by atoms with E-state index in [4.69, 9.17) is 0 Å². The number of rotatable bonds is 4. The molecule has 5 heteroatoms. The molecule has 0 amide bonds. The molecule has 0 saturated carbocycles. The van der Waals surface area contributed by atoms with Gasteiger partial charge < -0.3 is 5.32 Å². The van der Waals surface area contributed by atoms with Gasteiger partial charge in [-0.1, -0.05) is 24.3 Å². The van der Waals surface area contributed by atoms with Crippen LogP contribution in [0.3, 0.4) is 0 Å². The summed E-state index contributed by atoms with van der Waals surface area (Å²) < 4.78 is 25.0. The number of benzene rings is 1. The number of nitrogens with one attached hydrogen (secondary N) is 1. The molecule has 0 radical (unpaired) electrons. The molecule has 2 nitrogen and oxygen atoms in total. The van der Waals surface area contributed by atoms with Gasteiger partial charge >= 0.3 is 0 Å². The third-order valence-corrected chi connectivity index (χ3v) is 3.83. The molecular weight excluding hydrogens is 282 g/mol. The monoisotopic (exact) mass is 304 g/mol. The zero-order valence-corrected chi connectivity index (χ0v) is 12.6. The van der Waals surface area contributed by atoms with Crippen LogP contribution < -0.4 is 5.32 Å². The number of halogens is 3. The second-order valence-electron chi connectivity index (χ2n) is 5.29. The minimum atomic E-state index is -2.38. The molecule has 1 fully saturated rings. The Kier molecular flexibility index (Phi) is 7.41. The molecule has 114 valence electrons. The van der Waals surface area contributed by atoms with Crippen LogP contribution in [0.1, 0.15) is 36.8 Å². The van der Waals surface area contributed by atoms with Gasteiger partial charge in [0.2, 0.25) is 0 Å². The molecule has 1 aromatic rings. The van der Waals surface area contributed by atoms with Crippen LogP contribution in [0.4, 0.5) is 8.78 Å². The third kappa shape index (κ3) is 5.00. The molecule has 1 saturated heterocycles. The molecule has 2 rings (SSSR count). The SMILES string of the molecule is CN(Cc1ccc(C(F)F)cc1)C1CCCNCC1.Cl. The highest BCUT2D eigenvalue weighted by Crippen LogP contribution is 2.20. The van der Waals surface area contributed by atoms with Crippen molar-refractivity contribution in [1.82, 2.24) is 10.2 Å². The van der Waals surface area contributed by atoms with Gasteiger partial charge in [0.05, 0.1) is 0 Å². The van der Waals surface area contributed by atoms with E-state index in [-0.39, 0.29) is 18.0 Å². The molecule has 0 spiro atoms. The van der Waals surface area contributed by atoms with Gasteiger partial charge in [0.1, 0.15) is 0 Å². The van der Waals surface area contributed by atoms with Crippen molar-refractivity contribution in [3.05, 3.63) is 35.4 Å². The molecule has 1 N–H and O–H groups in total. The molecular formula is C15H23ClF2N2. The molecule has 0 aromatic heterocycles. The Morgan fingerprint density at radius 2 is 1.90 bits per heavy atom. The van der Waals surface area contributed by atoms with Gasteiger partial charge in [0.15, 0.2) is 0 Å². The quantitative estimate of drug-likeness (QED) is 0.914. The highest BCUT2D eigenvalue weighted by molar-refractivity contribution is 5.85. The lowest BCUT2D eigenvalue weighted by Gasteiger charge is -2.26. The van der Waals surface area contributed by atoms with E-state index >= 15 is 0 Å². The summed E-state index contributed by atoms with van der Waals surface area (Å²) in [6.45, 7) is 3.00. The molecule has 20 heavy (non-hydrogen) atoms.